The van der Waals surface area contributed by atoms with Crippen molar-refractivity contribution < 1.29 is 0 Å². The molecule has 0 saturated carbocycles. The van der Waals surface area contributed by atoms with Crippen LogP contribution in [-0.2, 0) is 6.54 Å². The van der Waals surface area contributed by atoms with Crippen LogP contribution in [0.3, 0.4) is 0 Å². The highest BCUT2D eigenvalue weighted by atomic mass is 16.1. The SMILES string of the molecule is C=C(C)Cn1c(=O)n(C(=C)C)c2cc(C)c(C)cc21. The summed E-state index contributed by atoms with van der Waals surface area (Å²) in [6.07, 6.45) is 0. The fraction of sp³-hybridized carbons (Fsp3) is 0.312. The molecule has 0 aliphatic heterocycles. The zero-order valence-electron chi connectivity index (χ0n) is 12.1. The van der Waals surface area contributed by atoms with Crippen LogP contribution in [0.4, 0.5) is 0 Å². The van der Waals surface area contributed by atoms with E-state index in [1.807, 2.05) is 13.8 Å². The minimum Gasteiger partial charge on any atom is -0.288 e. The summed E-state index contributed by atoms with van der Waals surface area (Å²) in [6.45, 7) is 16.2. The van der Waals surface area contributed by atoms with Gasteiger partial charge in [-0.15, -0.1) is 0 Å². The van der Waals surface area contributed by atoms with Crippen molar-refractivity contribution in [3.8, 4) is 0 Å². The molecule has 0 amide bonds. The lowest BCUT2D eigenvalue weighted by Gasteiger charge is -2.05. The van der Waals surface area contributed by atoms with E-state index in [2.05, 4.69) is 39.1 Å². The van der Waals surface area contributed by atoms with Crippen LogP contribution in [0.5, 0.6) is 0 Å². The lowest BCUT2D eigenvalue weighted by atomic mass is 10.1. The molecule has 0 atom stereocenters. The lowest BCUT2D eigenvalue weighted by Crippen LogP contribution is -2.23. The van der Waals surface area contributed by atoms with Crippen LogP contribution in [0.15, 0.2) is 35.7 Å². The molecule has 0 radical (unpaired) electrons. The molecule has 3 nitrogen and oxygen atoms in total. The van der Waals surface area contributed by atoms with Gasteiger partial charge in [-0.2, -0.15) is 0 Å². The summed E-state index contributed by atoms with van der Waals surface area (Å²) >= 11 is 0. The fourth-order valence-electron chi connectivity index (χ4n) is 2.30. The molecule has 0 saturated heterocycles. The maximum atomic E-state index is 12.5. The summed E-state index contributed by atoms with van der Waals surface area (Å²) in [4.78, 5) is 12.5. The van der Waals surface area contributed by atoms with Crippen molar-refractivity contribution in [1.82, 2.24) is 9.13 Å². The first kappa shape index (κ1) is 13.4. The number of hydrogen-bond donors (Lipinski definition) is 0. The third-order valence-electron chi connectivity index (χ3n) is 3.35. The van der Waals surface area contributed by atoms with Gasteiger partial charge in [0.1, 0.15) is 0 Å². The van der Waals surface area contributed by atoms with Crippen LogP contribution < -0.4 is 5.69 Å². The van der Waals surface area contributed by atoms with Crippen molar-refractivity contribution in [1.29, 1.82) is 0 Å². The minimum atomic E-state index is -0.0458. The van der Waals surface area contributed by atoms with Crippen molar-refractivity contribution in [2.24, 2.45) is 0 Å². The summed E-state index contributed by atoms with van der Waals surface area (Å²) in [5.41, 5.74) is 5.87. The Kier molecular flexibility index (Phi) is 3.23. The number of imidazole rings is 1. The molecule has 2 aromatic rings. The summed E-state index contributed by atoms with van der Waals surface area (Å²) in [7, 11) is 0. The molecule has 1 aromatic carbocycles. The molecule has 0 bridgehead atoms. The number of benzene rings is 1. The maximum absolute atomic E-state index is 12.5. The number of nitrogens with zero attached hydrogens (tertiary/aromatic N) is 2. The second-order valence-corrected chi connectivity index (χ2v) is 5.32. The summed E-state index contributed by atoms with van der Waals surface area (Å²) in [5.74, 6) is 0. The molecular weight excluding hydrogens is 236 g/mol. The standard InChI is InChI=1S/C16H20N2O/c1-10(2)9-17-14-7-12(5)13(6)8-15(14)18(11(3)4)16(17)19/h7-8H,1,3,9H2,2,4-6H3. The van der Waals surface area contributed by atoms with Gasteiger partial charge in [0.05, 0.1) is 11.0 Å². The van der Waals surface area contributed by atoms with Gasteiger partial charge in [-0.25, -0.2) is 4.79 Å². The van der Waals surface area contributed by atoms with E-state index in [1.165, 1.54) is 11.1 Å². The zero-order valence-corrected chi connectivity index (χ0v) is 12.1. The summed E-state index contributed by atoms with van der Waals surface area (Å²) in [6, 6.07) is 4.12. The molecule has 0 aliphatic rings. The van der Waals surface area contributed by atoms with Gasteiger partial charge in [0.2, 0.25) is 0 Å². The van der Waals surface area contributed by atoms with Crippen molar-refractivity contribution in [3.05, 3.63) is 52.5 Å². The van der Waals surface area contributed by atoms with Gasteiger partial charge in [0, 0.05) is 12.2 Å². The normalized spacial score (nSPS) is 10.9. The highest BCUT2D eigenvalue weighted by Gasteiger charge is 2.14. The van der Waals surface area contributed by atoms with Crippen molar-refractivity contribution in [2.75, 3.05) is 0 Å². The molecule has 100 valence electrons. The molecule has 1 aromatic heterocycles. The van der Waals surface area contributed by atoms with Crippen molar-refractivity contribution >= 4 is 16.7 Å². The second-order valence-electron chi connectivity index (χ2n) is 5.32. The minimum absolute atomic E-state index is 0.0458. The number of hydrogen-bond acceptors (Lipinski definition) is 1. The Labute approximate surface area is 113 Å². The zero-order chi connectivity index (χ0) is 14.3. The van der Waals surface area contributed by atoms with E-state index in [0.717, 1.165) is 22.3 Å². The Morgan fingerprint density at radius 3 is 2.11 bits per heavy atom. The average molecular weight is 256 g/mol. The van der Waals surface area contributed by atoms with E-state index in [1.54, 1.807) is 9.13 Å². The summed E-state index contributed by atoms with van der Waals surface area (Å²) in [5, 5.41) is 0. The molecule has 0 aliphatic carbocycles. The average Bonchev–Trinajstić information content (AvgIpc) is 2.53. The Balaban J connectivity index is 2.92. The van der Waals surface area contributed by atoms with E-state index in [9.17, 15) is 4.79 Å². The van der Waals surface area contributed by atoms with Crippen LogP contribution in [0.2, 0.25) is 0 Å². The van der Waals surface area contributed by atoms with Crippen LogP contribution in [0, 0.1) is 13.8 Å². The molecule has 19 heavy (non-hydrogen) atoms. The number of aryl methyl sites for hydroxylation is 2. The largest absolute Gasteiger partial charge is 0.333 e. The van der Waals surface area contributed by atoms with Gasteiger partial charge in [-0.3, -0.25) is 9.13 Å². The molecular formula is C16H20N2O. The molecule has 0 unspecified atom stereocenters. The van der Waals surface area contributed by atoms with Gasteiger partial charge < -0.3 is 0 Å². The van der Waals surface area contributed by atoms with Crippen LogP contribution in [0.25, 0.3) is 16.7 Å². The molecule has 0 fully saturated rings. The predicted molar refractivity (Wildman–Crippen MR) is 81.5 cm³/mol. The summed E-state index contributed by atoms with van der Waals surface area (Å²) < 4.78 is 3.43. The first-order chi connectivity index (χ1) is 8.82. The highest BCUT2D eigenvalue weighted by Crippen LogP contribution is 2.21. The van der Waals surface area contributed by atoms with Crippen LogP contribution >= 0.6 is 0 Å². The van der Waals surface area contributed by atoms with Gasteiger partial charge in [-0.1, -0.05) is 18.7 Å². The van der Waals surface area contributed by atoms with Crippen LogP contribution in [-0.4, -0.2) is 9.13 Å². The number of rotatable bonds is 3. The first-order valence-corrected chi connectivity index (χ1v) is 6.35. The van der Waals surface area contributed by atoms with Gasteiger partial charge in [0.25, 0.3) is 0 Å². The van der Waals surface area contributed by atoms with E-state index < -0.39 is 0 Å². The first-order valence-electron chi connectivity index (χ1n) is 6.35. The molecule has 0 N–H and O–H groups in total. The van der Waals surface area contributed by atoms with E-state index in [-0.39, 0.29) is 5.69 Å². The fourth-order valence-corrected chi connectivity index (χ4v) is 2.30. The van der Waals surface area contributed by atoms with Gasteiger partial charge in [0.15, 0.2) is 0 Å². The van der Waals surface area contributed by atoms with E-state index >= 15 is 0 Å². The van der Waals surface area contributed by atoms with Gasteiger partial charge in [-0.05, 0) is 51.0 Å². The molecule has 2 rings (SSSR count). The predicted octanol–water partition coefficient (Wildman–Crippen LogP) is 3.49. The highest BCUT2D eigenvalue weighted by molar-refractivity contribution is 5.81. The molecule has 1 heterocycles. The third-order valence-corrected chi connectivity index (χ3v) is 3.35. The Morgan fingerprint density at radius 2 is 1.63 bits per heavy atom. The number of fused-ring (bicyclic) bond motifs is 1. The quantitative estimate of drug-likeness (QED) is 0.772. The topological polar surface area (TPSA) is 26.9 Å². The Hall–Kier alpha value is -2.03. The second kappa shape index (κ2) is 4.57. The Morgan fingerprint density at radius 1 is 1.11 bits per heavy atom. The molecule has 0 spiro atoms. The maximum Gasteiger partial charge on any atom is 0.333 e. The number of aromatic nitrogens is 2. The van der Waals surface area contributed by atoms with E-state index in [0.29, 0.717) is 6.54 Å². The monoisotopic (exact) mass is 256 g/mol. The third kappa shape index (κ3) is 2.16. The van der Waals surface area contributed by atoms with E-state index in [4.69, 9.17) is 0 Å². The lowest BCUT2D eigenvalue weighted by molar-refractivity contribution is 0.756. The Bertz CT molecular complexity index is 744. The van der Waals surface area contributed by atoms with Crippen molar-refractivity contribution in [2.45, 2.75) is 34.2 Å². The van der Waals surface area contributed by atoms with Crippen molar-refractivity contribution in [3.63, 3.8) is 0 Å². The van der Waals surface area contributed by atoms with Gasteiger partial charge >= 0.3 is 5.69 Å². The molecule has 3 heteroatoms. The smallest absolute Gasteiger partial charge is 0.288 e. The van der Waals surface area contributed by atoms with Crippen LogP contribution in [0.1, 0.15) is 25.0 Å². The number of allylic oxidation sites excluding steroid dienone is 2.